The monoisotopic (exact) mass is 370 g/mol. The highest BCUT2D eigenvalue weighted by Crippen LogP contribution is 2.25. The fourth-order valence-corrected chi connectivity index (χ4v) is 3.13. The molecule has 140 valence electrons. The van der Waals surface area contributed by atoms with Gasteiger partial charge in [-0.05, 0) is 61.2 Å². The van der Waals surface area contributed by atoms with Crippen LogP contribution in [0.4, 0.5) is 5.69 Å². The standard InChI is InChI=1S/C22H30N2OS/c1-5-16(4)17-12-14-18(15-13-17)19(6-2)23-22(26)24-20-10-8-9-11-21(20)25-7-3/h8-16,19H,5-7H2,1-4H3,(H2,23,24,26). The highest BCUT2D eigenvalue weighted by Gasteiger charge is 2.13. The van der Waals surface area contributed by atoms with Crippen molar-refractivity contribution in [2.45, 2.75) is 52.5 Å². The van der Waals surface area contributed by atoms with E-state index in [9.17, 15) is 0 Å². The second kappa shape index (κ2) is 10.2. The number of ether oxygens (including phenoxy) is 1. The first-order valence-electron chi connectivity index (χ1n) is 9.48. The lowest BCUT2D eigenvalue weighted by Gasteiger charge is -2.21. The molecule has 2 aromatic rings. The van der Waals surface area contributed by atoms with Crippen LogP contribution in [0.2, 0.25) is 0 Å². The number of hydrogen-bond acceptors (Lipinski definition) is 2. The molecule has 0 aliphatic rings. The Morgan fingerprint density at radius 2 is 1.62 bits per heavy atom. The fourth-order valence-electron chi connectivity index (χ4n) is 2.88. The summed E-state index contributed by atoms with van der Waals surface area (Å²) in [6.45, 7) is 9.25. The summed E-state index contributed by atoms with van der Waals surface area (Å²) in [5, 5.41) is 7.30. The SMILES string of the molecule is CCOc1ccccc1NC(=S)NC(CC)c1ccc(C(C)CC)cc1. The lowest BCUT2D eigenvalue weighted by molar-refractivity contribution is 0.342. The molecule has 0 radical (unpaired) electrons. The molecule has 4 heteroatoms. The van der Waals surface area contributed by atoms with Crippen molar-refractivity contribution in [2.75, 3.05) is 11.9 Å². The zero-order valence-electron chi connectivity index (χ0n) is 16.2. The van der Waals surface area contributed by atoms with Crippen molar-refractivity contribution < 1.29 is 4.74 Å². The molecule has 0 fully saturated rings. The smallest absolute Gasteiger partial charge is 0.171 e. The Bertz CT molecular complexity index is 700. The third kappa shape index (κ3) is 5.46. The summed E-state index contributed by atoms with van der Waals surface area (Å²) in [6.07, 6.45) is 2.11. The van der Waals surface area contributed by atoms with Crippen LogP contribution in [0.3, 0.4) is 0 Å². The largest absolute Gasteiger partial charge is 0.492 e. The van der Waals surface area contributed by atoms with Crippen molar-refractivity contribution >= 4 is 23.0 Å². The molecule has 0 bridgehead atoms. The molecule has 0 saturated carbocycles. The number of anilines is 1. The number of nitrogens with one attached hydrogen (secondary N) is 2. The molecule has 0 spiro atoms. The van der Waals surface area contributed by atoms with Crippen LogP contribution in [0.5, 0.6) is 5.75 Å². The second-order valence-electron chi connectivity index (χ2n) is 6.46. The zero-order valence-corrected chi connectivity index (χ0v) is 17.0. The van der Waals surface area contributed by atoms with E-state index in [-0.39, 0.29) is 6.04 Å². The van der Waals surface area contributed by atoms with Gasteiger partial charge in [0.1, 0.15) is 5.75 Å². The highest BCUT2D eigenvalue weighted by molar-refractivity contribution is 7.80. The molecule has 0 aliphatic carbocycles. The summed E-state index contributed by atoms with van der Waals surface area (Å²) >= 11 is 5.53. The van der Waals surface area contributed by atoms with Gasteiger partial charge in [0, 0.05) is 0 Å². The van der Waals surface area contributed by atoms with Gasteiger partial charge in [-0.15, -0.1) is 0 Å². The predicted molar refractivity (Wildman–Crippen MR) is 115 cm³/mol. The van der Waals surface area contributed by atoms with Crippen LogP contribution in [-0.4, -0.2) is 11.7 Å². The zero-order chi connectivity index (χ0) is 18.9. The Balaban J connectivity index is 2.04. The maximum absolute atomic E-state index is 5.65. The van der Waals surface area contributed by atoms with Crippen molar-refractivity contribution in [3.05, 3.63) is 59.7 Å². The van der Waals surface area contributed by atoms with E-state index in [1.807, 2.05) is 31.2 Å². The molecule has 2 rings (SSSR count). The van der Waals surface area contributed by atoms with Gasteiger partial charge in [0.2, 0.25) is 0 Å². The van der Waals surface area contributed by atoms with Crippen LogP contribution < -0.4 is 15.4 Å². The van der Waals surface area contributed by atoms with Crippen LogP contribution >= 0.6 is 12.2 Å². The molecule has 2 unspecified atom stereocenters. The van der Waals surface area contributed by atoms with Gasteiger partial charge >= 0.3 is 0 Å². The van der Waals surface area contributed by atoms with E-state index in [1.54, 1.807) is 0 Å². The first kappa shape index (κ1) is 20.2. The van der Waals surface area contributed by atoms with Gasteiger partial charge in [-0.25, -0.2) is 0 Å². The van der Waals surface area contributed by atoms with Crippen LogP contribution in [0.15, 0.2) is 48.5 Å². The topological polar surface area (TPSA) is 33.3 Å². The third-order valence-corrected chi connectivity index (χ3v) is 4.89. The predicted octanol–water partition coefficient (Wildman–Crippen LogP) is 6.04. The van der Waals surface area contributed by atoms with Crippen LogP contribution in [0.1, 0.15) is 63.6 Å². The molecule has 3 nitrogen and oxygen atoms in total. The molecule has 0 aliphatic heterocycles. The lowest BCUT2D eigenvalue weighted by Crippen LogP contribution is -2.32. The number of hydrogen-bond donors (Lipinski definition) is 2. The van der Waals surface area contributed by atoms with Crippen molar-refractivity contribution in [3.8, 4) is 5.75 Å². The van der Waals surface area contributed by atoms with Gasteiger partial charge in [-0.3, -0.25) is 0 Å². The summed E-state index contributed by atoms with van der Waals surface area (Å²) in [6, 6.07) is 16.9. The summed E-state index contributed by atoms with van der Waals surface area (Å²) < 4.78 is 5.65. The van der Waals surface area contributed by atoms with E-state index >= 15 is 0 Å². The highest BCUT2D eigenvalue weighted by atomic mass is 32.1. The quantitative estimate of drug-likeness (QED) is 0.555. The minimum atomic E-state index is 0.181. The normalized spacial score (nSPS) is 12.9. The Morgan fingerprint density at radius 3 is 2.23 bits per heavy atom. The molecule has 0 aromatic heterocycles. The van der Waals surface area contributed by atoms with Gasteiger partial charge in [0.25, 0.3) is 0 Å². The number of para-hydroxylation sites is 2. The molecule has 2 atom stereocenters. The van der Waals surface area contributed by atoms with Crippen molar-refractivity contribution in [1.82, 2.24) is 5.32 Å². The van der Waals surface area contributed by atoms with Gasteiger partial charge in [-0.1, -0.05) is 57.2 Å². The van der Waals surface area contributed by atoms with Crippen molar-refractivity contribution in [1.29, 1.82) is 0 Å². The van der Waals surface area contributed by atoms with E-state index in [0.29, 0.717) is 17.6 Å². The second-order valence-corrected chi connectivity index (χ2v) is 6.87. The van der Waals surface area contributed by atoms with Gasteiger partial charge in [0.15, 0.2) is 5.11 Å². The van der Waals surface area contributed by atoms with Crippen molar-refractivity contribution in [3.63, 3.8) is 0 Å². The molecule has 0 saturated heterocycles. The molecule has 2 aromatic carbocycles. The Labute approximate surface area is 163 Å². The van der Waals surface area contributed by atoms with Crippen LogP contribution in [-0.2, 0) is 0 Å². The van der Waals surface area contributed by atoms with E-state index in [2.05, 4.69) is 55.7 Å². The van der Waals surface area contributed by atoms with E-state index in [1.165, 1.54) is 11.1 Å². The average Bonchev–Trinajstić information content (AvgIpc) is 2.67. The first-order valence-corrected chi connectivity index (χ1v) is 9.89. The lowest BCUT2D eigenvalue weighted by atomic mass is 9.95. The van der Waals surface area contributed by atoms with Gasteiger partial charge < -0.3 is 15.4 Å². The van der Waals surface area contributed by atoms with Gasteiger partial charge in [-0.2, -0.15) is 0 Å². The minimum Gasteiger partial charge on any atom is -0.492 e. The molecule has 2 N–H and O–H groups in total. The molecular weight excluding hydrogens is 340 g/mol. The summed E-state index contributed by atoms with van der Waals surface area (Å²) in [7, 11) is 0. The number of rotatable bonds is 8. The molecular formula is C22H30N2OS. The minimum absolute atomic E-state index is 0.181. The fraction of sp³-hybridized carbons (Fsp3) is 0.409. The molecule has 0 heterocycles. The first-order chi connectivity index (χ1) is 12.6. The number of benzene rings is 2. The summed E-state index contributed by atoms with van der Waals surface area (Å²) in [5.74, 6) is 1.40. The maximum Gasteiger partial charge on any atom is 0.171 e. The number of thiocarbonyl (C=S) groups is 1. The van der Waals surface area contributed by atoms with Crippen LogP contribution in [0, 0.1) is 0 Å². The van der Waals surface area contributed by atoms with Crippen LogP contribution in [0.25, 0.3) is 0 Å². The third-order valence-electron chi connectivity index (χ3n) is 4.67. The summed E-state index contributed by atoms with van der Waals surface area (Å²) in [5.41, 5.74) is 3.52. The molecule has 0 amide bonds. The van der Waals surface area contributed by atoms with E-state index in [0.717, 1.165) is 24.3 Å². The maximum atomic E-state index is 5.65. The Kier molecular flexibility index (Phi) is 7.92. The molecule has 26 heavy (non-hydrogen) atoms. The Morgan fingerprint density at radius 1 is 0.962 bits per heavy atom. The van der Waals surface area contributed by atoms with E-state index in [4.69, 9.17) is 17.0 Å². The van der Waals surface area contributed by atoms with Crippen molar-refractivity contribution in [2.24, 2.45) is 0 Å². The average molecular weight is 371 g/mol. The summed E-state index contributed by atoms with van der Waals surface area (Å²) in [4.78, 5) is 0. The Hall–Kier alpha value is -2.07. The van der Waals surface area contributed by atoms with Gasteiger partial charge in [0.05, 0.1) is 18.3 Å². The van der Waals surface area contributed by atoms with E-state index < -0.39 is 0 Å².